The number of ether oxygens (including phenoxy) is 1. The van der Waals surface area contributed by atoms with Gasteiger partial charge in [-0.3, -0.25) is 9.36 Å². The van der Waals surface area contributed by atoms with E-state index in [-0.39, 0.29) is 5.78 Å². The highest BCUT2D eigenvalue weighted by atomic mass is 79.9. The summed E-state index contributed by atoms with van der Waals surface area (Å²) < 4.78 is 8.02. The van der Waals surface area contributed by atoms with Crippen molar-refractivity contribution in [3.8, 4) is 11.4 Å². The molecule has 1 aromatic heterocycles. The molecule has 5 nitrogen and oxygen atoms in total. The highest BCUT2D eigenvalue weighted by Crippen LogP contribution is 2.23. The van der Waals surface area contributed by atoms with Gasteiger partial charge in [0.05, 0.1) is 18.6 Å². The first kappa shape index (κ1) is 16.7. The standard InChI is InChI=1S/C17H14BrN3O2S/c1-23-15-4-2-3-14(9-15)21-11-19-20-17(21)24-10-16(22)12-5-7-13(18)8-6-12/h2-9,11H,10H2,1H3. The topological polar surface area (TPSA) is 57.0 Å². The molecule has 2 aromatic carbocycles. The van der Waals surface area contributed by atoms with Crippen LogP contribution in [0, 0.1) is 0 Å². The number of hydrogen-bond acceptors (Lipinski definition) is 5. The summed E-state index contributed by atoms with van der Waals surface area (Å²) in [4.78, 5) is 12.3. The molecule has 0 N–H and O–H groups in total. The molecule has 0 aliphatic rings. The third-order valence-corrected chi connectivity index (χ3v) is 4.82. The zero-order valence-corrected chi connectivity index (χ0v) is 15.3. The Kier molecular flexibility index (Phi) is 5.32. The van der Waals surface area contributed by atoms with Crippen molar-refractivity contribution in [2.45, 2.75) is 5.16 Å². The molecule has 24 heavy (non-hydrogen) atoms. The summed E-state index contributed by atoms with van der Waals surface area (Å²) in [5, 5.41) is 8.71. The van der Waals surface area contributed by atoms with E-state index in [4.69, 9.17) is 4.74 Å². The van der Waals surface area contributed by atoms with Crippen LogP contribution in [-0.2, 0) is 0 Å². The maximum Gasteiger partial charge on any atom is 0.196 e. The summed E-state index contributed by atoms with van der Waals surface area (Å²) in [5.74, 6) is 1.10. The molecule has 0 aliphatic heterocycles. The van der Waals surface area contributed by atoms with Crippen molar-refractivity contribution in [3.63, 3.8) is 0 Å². The van der Waals surface area contributed by atoms with E-state index in [0.717, 1.165) is 15.9 Å². The van der Waals surface area contributed by atoms with Crippen LogP contribution in [0.15, 0.2) is 64.5 Å². The number of Topliss-reactive ketones (excluding diaryl/α,β-unsaturated/α-hetero) is 1. The van der Waals surface area contributed by atoms with Crippen molar-refractivity contribution >= 4 is 33.5 Å². The Morgan fingerprint density at radius 2 is 2.04 bits per heavy atom. The van der Waals surface area contributed by atoms with Crippen LogP contribution in [-0.4, -0.2) is 33.4 Å². The lowest BCUT2D eigenvalue weighted by molar-refractivity contribution is 0.102. The van der Waals surface area contributed by atoms with Gasteiger partial charge in [-0.05, 0) is 24.3 Å². The summed E-state index contributed by atoms with van der Waals surface area (Å²) >= 11 is 4.72. The van der Waals surface area contributed by atoms with E-state index in [0.29, 0.717) is 16.5 Å². The molecule has 0 atom stereocenters. The van der Waals surface area contributed by atoms with Crippen LogP contribution < -0.4 is 4.74 Å². The van der Waals surface area contributed by atoms with E-state index in [9.17, 15) is 4.79 Å². The van der Waals surface area contributed by atoms with Crippen molar-refractivity contribution in [2.24, 2.45) is 0 Å². The Hall–Kier alpha value is -2.12. The maximum atomic E-state index is 12.3. The van der Waals surface area contributed by atoms with Gasteiger partial charge in [-0.1, -0.05) is 45.9 Å². The molecule has 0 amide bonds. The van der Waals surface area contributed by atoms with E-state index < -0.39 is 0 Å². The highest BCUT2D eigenvalue weighted by molar-refractivity contribution is 9.10. The van der Waals surface area contributed by atoms with Crippen molar-refractivity contribution in [3.05, 3.63) is 64.9 Å². The molecular formula is C17H14BrN3O2S. The van der Waals surface area contributed by atoms with Gasteiger partial charge in [-0.2, -0.15) is 0 Å². The molecule has 0 bridgehead atoms. The molecular weight excluding hydrogens is 390 g/mol. The molecule has 0 unspecified atom stereocenters. The van der Waals surface area contributed by atoms with E-state index in [1.54, 1.807) is 25.6 Å². The van der Waals surface area contributed by atoms with Crippen LogP contribution >= 0.6 is 27.7 Å². The number of thioether (sulfide) groups is 1. The van der Waals surface area contributed by atoms with Gasteiger partial charge in [-0.25, -0.2) is 0 Å². The number of ketones is 1. The van der Waals surface area contributed by atoms with Crippen LogP contribution in [0.3, 0.4) is 0 Å². The molecule has 122 valence electrons. The fraction of sp³-hybridized carbons (Fsp3) is 0.118. The Bertz CT molecular complexity index is 849. The van der Waals surface area contributed by atoms with Gasteiger partial charge in [0.1, 0.15) is 12.1 Å². The largest absolute Gasteiger partial charge is 0.497 e. The second kappa shape index (κ2) is 7.63. The summed E-state index contributed by atoms with van der Waals surface area (Å²) in [6, 6.07) is 14.9. The third-order valence-electron chi connectivity index (χ3n) is 3.35. The second-order valence-corrected chi connectivity index (χ2v) is 6.76. The van der Waals surface area contributed by atoms with Gasteiger partial charge in [0.15, 0.2) is 10.9 Å². The summed E-state index contributed by atoms with van der Waals surface area (Å²) in [5.41, 5.74) is 1.57. The van der Waals surface area contributed by atoms with Gasteiger partial charge < -0.3 is 4.74 Å². The highest BCUT2D eigenvalue weighted by Gasteiger charge is 2.12. The van der Waals surface area contributed by atoms with Gasteiger partial charge in [-0.15, -0.1) is 10.2 Å². The smallest absolute Gasteiger partial charge is 0.196 e. The van der Waals surface area contributed by atoms with Crippen LogP contribution in [0.4, 0.5) is 0 Å². The molecule has 0 fully saturated rings. The molecule has 7 heteroatoms. The first-order chi connectivity index (χ1) is 11.7. The maximum absolute atomic E-state index is 12.3. The Morgan fingerprint density at radius 1 is 1.25 bits per heavy atom. The number of aromatic nitrogens is 3. The van der Waals surface area contributed by atoms with Crippen molar-refractivity contribution in [2.75, 3.05) is 12.9 Å². The van der Waals surface area contributed by atoms with E-state index in [1.165, 1.54) is 11.8 Å². The molecule has 0 radical (unpaired) electrons. The van der Waals surface area contributed by atoms with Crippen LogP contribution in [0.25, 0.3) is 5.69 Å². The zero-order chi connectivity index (χ0) is 16.9. The Labute approximate surface area is 152 Å². The Morgan fingerprint density at radius 3 is 2.79 bits per heavy atom. The monoisotopic (exact) mass is 403 g/mol. The van der Waals surface area contributed by atoms with E-state index in [1.807, 2.05) is 41.0 Å². The average Bonchev–Trinajstić information content (AvgIpc) is 3.09. The lowest BCUT2D eigenvalue weighted by Crippen LogP contribution is -2.04. The van der Waals surface area contributed by atoms with Crippen LogP contribution in [0.1, 0.15) is 10.4 Å². The number of halogens is 1. The summed E-state index contributed by atoms with van der Waals surface area (Å²) in [7, 11) is 1.62. The Balaban J connectivity index is 1.74. The van der Waals surface area contributed by atoms with E-state index >= 15 is 0 Å². The van der Waals surface area contributed by atoms with Gasteiger partial charge >= 0.3 is 0 Å². The zero-order valence-electron chi connectivity index (χ0n) is 12.8. The number of benzene rings is 2. The van der Waals surface area contributed by atoms with E-state index in [2.05, 4.69) is 26.1 Å². The minimum Gasteiger partial charge on any atom is -0.497 e. The second-order valence-electron chi connectivity index (χ2n) is 4.90. The van der Waals surface area contributed by atoms with Gasteiger partial charge in [0.25, 0.3) is 0 Å². The summed E-state index contributed by atoms with van der Waals surface area (Å²) in [6.07, 6.45) is 1.63. The third kappa shape index (κ3) is 3.85. The fourth-order valence-corrected chi connectivity index (χ4v) is 3.20. The number of carbonyl (C=O) groups excluding carboxylic acids is 1. The minimum atomic E-state index is 0.0488. The summed E-state index contributed by atoms with van der Waals surface area (Å²) in [6.45, 7) is 0. The SMILES string of the molecule is COc1cccc(-n2cnnc2SCC(=O)c2ccc(Br)cc2)c1. The first-order valence-electron chi connectivity index (χ1n) is 7.13. The van der Waals surface area contributed by atoms with Crippen molar-refractivity contribution < 1.29 is 9.53 Å². The first-order valence-corrected chi connectivity index (χ1v) is 8.91. The number of nitrogens with zero attached hydrogens (tertiary/aromatic N) is 3. The lowest BCUT2D eigenvalue weighted by Gasteiger charge is -2.07. The predicted molar refractivity (Wildman–Crippen MR) is 97.1 cm³/mol. The normalized spacial score (nSPS) is 10.6. The molecule has 1 heterocycles. The molecule has 3 rings (SSSR count). The quantitative estimate of drug-likeness (QED) is 0.459. The van der Waals surface area contributed by atoms with Crippen LogP contribution in [0.2, 0.25) is 0 Å². The average molecular weight is 404 g/mol. The predicted octanol–water partition coefficient (Wildman–Crippen LogP) is 4.01. The fourth-order valence-electron chi connectivity index (χ4n) is 2.11. The van der Waals surface area contributed by atoms with Gasteiger partial charge in [0, 0.05) is 16.1 Å². The van der Waals surface area contributed by atoms with Gasteiger partial charge in [0.2, 0.25) is 0 Å². The molecule has 3 aromatic rings. The molecule has 0 aliphatic carbocycles. The lowest BCUT2D eigenvalue weighted by atomic mass is 10.2. The number of hydrogen-bond donors (Lipinski definition) is 0. The number of rotatable bonds is 6. The molecule has 0 saturated heterocycles. The van der Waals surface area contributed by atoms with Crippen LogP contribution in [0.5, 0.6) is 5.75 Å². The molecule has 0 spiro atoms. The van der Waals surface area contributed by atoms with Crippen molar-refractivity contribution in [1.82, 2.24) is 14.8 Å². The molecule has 0 saturated carbocycles. The number of carbonyl (C=O) groups is 1. The number of methoxy groups -OCH3 is 1. The van der Waals surface area contributed by atoms with Crippen molar-refractivity contribution in [1.29, 1.82) is 0 Å². The minimum absolute atomic E-state index is 0.0488.